The third kappa shape index (κ3) is 5.06. The summed E-state index contributed by atoms with van der Waals surface area (Å²) in [5.41, 5.74) is 7.03. The third-order valence-corrected chi connectivity index (χ3v) is 4.21. The molecule has 0 radical (unpaired) electrons. The van der Waals surface area contributed by atoms with Gasteiger partial charge in [0.15, 0.2) is 0 Å². The molecule has 1 fully saturated rings. The lowest BCUT2D eigenvalue weighted by atomic mass is 9.95. The minimum atomic E-state index is -1.07. The number of nitrogens with two attached hydrogens (primary N) is 1. The second kappa shape index (κ2) is 8.44. The van der Waals surface area contributed by atoms with E-state index in [9.17, 15) is 14.4 Å². The number of hydrogen-bond acceptors (Lipinski definition) is 4. The minimum absolute atomic E-state index is 0.108. The molecule has 7 nitrogen and oxygen atoms in total. The van der Waals surface area contributed by atoms with Crippen molar-refractivity contribution in [1.29, 1.82) is 0 Å². The predicted molar refractivity (Wildman–Crippen MR) is 88.1 cm³/mol. The highest BCUT2D eigenvalue weighted by Crippen LogP contribution is 2.18. The number of carbonyl (C=O) groups excluding carboxylic acids is 2. The molecular formula is C17H23N3O4. The molecule has 2 rings (SSSR count). The highest BCUT2D eigenvalue weighted by atomic mass is 16.4. The zero-order chi connectivity index (χ0) is 17.5. The Bertz CT molecular complexity index is 583. The maximum absolute atomic E-state index is 12.4. The summed E-state index contributed by atoms with van der Waals surface area (Å²) >= 11 is 0. The van der Waals surface area contributed by atoms with Crippen molar-refractivity contribution in [2.75, 3.05) is 19.6 Å². The van der Waals surface area contributed by atoms with Crippen molar-refractivity contribution >= 4 is 17.8 Å². The zero-order valence-corrected chi connectivity index (χ0v) is 13.5. The van der Waals surface area contributed by atoms with Gasteiger partial charge in [-0.3, -0.25) is 14.4 Å². The van der Waals surface area contributed by atoms with Crippen LogP contribution in [0.3, 0.4) is 0 Å². The topological polar surface area (TPSA) is 113 Å². The summed E-state index contributed by atoms with van der Waals surface area (Å²) in [5, 5.41) is 11.0. The lowest BCUT2D eigenvalue weighted by Crippen LogP contribution is -2.49. The summed E-state index contributed by atoms with van der Waals surface area (Å²) in [6, 6.07) is 9.02. The van der Waals surface area contributed by atoms with Crippen molar-refractivity contribution in [3.8, 4) is 0 Å². The van der Waals surface area contributed by atoms with Gasteiger partial charge in [0.05, 0.1) is 6.04 Å². The van der Waals surface area contributed by atoms with Gasteiger partial charge in [-0.25, -0.2) is 0 Å². The van der Waals surface area contributed by atoms with E-state index in [1.165, 1.54) is 0 Å². The lowest BCUT2D eigenvalue weighted by molar-refractivity contribution is -0.139. The number of nitrogens with zero attached hydrogens (tertiary/aromatic N) is 1. The summed E-state index contributed by atoms with van der Waals surface area (Å²) in [7, 11) is 0. The molecule has 24 heavy (non-hydrogen) atoms. The van der Waals surface area contributed by atoms with Crippen LogP contribution in [0.1, 0.15) is 18.4 Å². The van der Waals surface area contributed by atoms with Crippen LogP contribution >= 0.6 is 0 Å². The number of rotatable bonds is 6. The molecule has 1 aliphatic heterocycles. The molecule has 1 saturated heterocycles. The molecule has 1 aromatic carbocycles. The molecule has 0 saturated carbocycles. The minimum Gasteiger partial charge on any atom is -0.480 e. The van der Waals surface area contributed by atoms with Gasteiger partial charge < -0.3 is 21.1 Å². The lowest BCUT2D eigenvalue weighted by Gasteiger charge is -2.33. The van der Waals surface area contributed by atoms with Gasteiger partial charge in [-0.1, -0.05) is 30.3 Å². The molecular weight excluding hydrogens is 310 g/mol. The Hall–Kier alpha value is -2.41. The van der Waals surface area contributed by atoms with Crippen LogP contribution in [-0.4, -0.2) is 53.5 Å². The molecule has 0 aromatic heterocycles. The van der Waals surface area contributed by atoms with E-state index in [0.29, 0.717) is 32.4 Å². The summed E-state index contributed by atoms with van der Waals surface area (Å²) in [6.07, 6.45) is 1.53. The first-order valence-corrected chi connectivity index (χ1v) is 8.05. The van der Waals surface area contributed by atoms with Gasteiger partial charge in [-0.05, 0) is 24.8 Å². The Morgan fingerprint density at radius 1 is 1.21 bits per heavy atom. The van der Waals surface area contributed by atoms with Gasteiger partial charge in [0.1, 0.15) is 6.54 Å². The van der Waals surface area contributed by atoms with Crippen LogP contribution in [0.15, 0.2) is 30.3 Å². The average Bonchev–Trinajstić information content (AvgIpc) is 2.60. The van der Waals surface area contributed by atoms with Crippen LogP contribution in [0, 0.1) is 5.92 Å². The molecule has 4 N–H and O–H groups in total. The van der Waals surface area contributed by atoms with Crippen molar-refractivity contribution in [2.45, 2.75) is 25.3 Å². The smallest absolute Gasteiger partial charge is 0.322 e. The number of amides is 2. The van der Waals surface area contributed by atoms with E-state index in [1.54, 1.807) is 4.90 Å². The number of likely N-dealkylation sites (tertiary alicyclic amines) is 1. The second-order valence-corrected chi connectivity index (χ2v) is 6.01. The van der Waals surface area contributed by atoms with Crippen molar-refractivity contribution in [3.05, 3.63) is 35.9 Å². The van der Waals surface area contributed by atoms with E-state index in [4.69, 9.17) is 10.8 Å². The fourth-order valence-corrected chi connectivity index (χ4v) is 2.86. The normalized spacial score (nSPS) is 16.5. The second-order valence-electron chi connectivity index (χ2n) is 6.01. The average molecular weight is 333 g/mol. The van der Waals surface area contributed by atoms with Crippen molar-refractivity contribution in [2.24, 2.45) is 11.7 Å². The molecule has 0 bridgehead atoms. The van der Waals surface area contributed by atoms with E-state index in [2.05, 4.69) is 5.32 Å². The highest BCUT2D eigenvalue weighted by molar-refractivity contribution is 5.84. The Kier molecular flexibility index (Phi) is 6.31. The summed E-state index contributed by atoms with van der Waals surface area (Å²) < 4.78 is 0. The number of piperidine rings is 1. The SMILES string of the molecule is N[C@@H](Cc1ccccc1)C(=O)N1CCC(C(=O)NCC(=O)O)CC1. The van der Waals surface area contributed by atoms with Crippen LogP contribution < -0.4 is 11.1 Å². The Morgan fingerprint density at radius 2 is 1.83 bits per heavy atom. The van der Waals surface area contributed by atoms with Crippen molar-refractivity contribution in [1.82, 2.24) is 10.2 Å². The molecule has 0 spiro atoms. The molecule has 0 unspecified atom stereocenters. The van der Waals surface area contributed by atoms with Gasteiger partial charge in [0, 0.05) is 19.0 Å². The van der Waals surface area contributed by atoms with Crippen LogP contribution in [0.5, 0.6) is 0 Å². The predicted octanol–water partition coefficient (Wildman–Crippen LogP) is -0.00420. The molecule has 1 aromatic rings. The van der Waals surface area contributed by atoms with Gasteiger partial charge in [0.2, 0.25) is 11.8 Å². The van der Waals surface area contributed by atoms with Crippen LogP contribution in [0.2, 0.25) is 0 Å². The standard InChI is InChI=1S/C17H23N3O4/c18-14(10-12-4-2-1-3-5-12)17(24)20-8-6-13(7-9-20)16(23)19-11-15(21)22/h1-5,13-14H,6-11,18H2,(H,19,23)(H,21,22)/t14-/m0/s1. The number of aliphatic carboxylic acids is 1. The summed E-state index contributed by atoms with van der Waals surface area (Å²) in [6.45, 7) is 0.554. The molecule has 1 atom stereocenters. The molecule has 130 valence electrons. The quantitative estimate of drug-likeness (QED) is 0.678. The number of carboxylic acids is 1. The van der Waals surface area contributed by atoms with E-state index in [0.717, 1.165) is 5.56 Å². The highest BCUT2D eigenvalue weighted by Gasteiger charge is 2.29. The monoisotopic (exact) mass is 333 g/mol. The van der Waals surface area contributed by atoms with Crippen molar-refractivity contribution < 1.29 is 19.5 Å². The summed E-state index contributed by atoms with van der Waals surface area (Å²) in [5.74, 6) is -1.69. The van der Waals surface area contributed by atoms with E-state index in [1.807, 2.05) is 30.3 Å². The van der Waals surface area contributed by atoms with Crippen LogP contribution in [0.4, 0.5) is 0 Å². The largest absolute Gasteiger partial charge is 0.480 e. The van der Waals surface area contributed by atoms with Crippen LogP contribution in [-0.2, 0) is 20.8 Å². The maximum Gasteiger partial charge on any atom is 0.322 e. The van der Waals surface area contributed by atoms with E-state index < -0.39 is 12.0 Å². The van der Waals surface area contributed by atoms with Gasteiger partial charge in [-0.15, -0.1) is 0 Å². The molecule has 2 amide bonds. The Morgan fingerprint density at radius 3 is 2.42 bits per heavy atom. The van der Waals surface area contributed by atoms with Gasteiger partial charge in [-0.2, -0.15) is 0 Å². The Labute approximate surface area is 140 Å². The third-order valence-electron chi connectivity index (χ3n) is 4.21. The molecule has 1 aliphatic rings. The molecule has 1 heterocycles. The summed E-state index contributed by atoms with van der Waals surface area (Å²) in [4.78, 5) is 36.4. The number of carbonyl (C=O) groups is 3. The van der Waals surface area contributed by atoms with Gasteiger partial charge in [0.25, 0.3) is 0 Å². The number of carboxylic acid groups (broad SMARTS) is 1. The fraction of sp³-hybridized carbons (Fsp3) is 0.471. The molecule has 7 heteroatoms. The first-order chi connectivity index (χ1) is 11.5. The first-order valence-electron chi connectivity index (χ1n) is 8.05. The van der Waals surface area contributed by atoms with Gasteiger partial charge >= 0.3 is 5.97 Å². The zero-order valence-electron chi connectivity index (χ0n) is 13.5. The van der Waals surface area contributed by atoms with E-state index in [-0.39, 0.29) is 24.3 Å². The first kappa shape index (κ1) is 17.9. The molecule has 0 aliphatic carbocycles. The Balaban J connectivity index is 1.79. The van der Waals surface area contributed by atoms with Crippen LogP contribution in [0.25, 0.3) is 0 Å². The number of benzene rings is 1. The maximum atomic E-state index is 12.4. The van der Waals surface area contributed by atoms with E-state index >= 15 is 0 Å². The number of nitrogens with one attached hydrogen (secondary N) is 1. The number of hydrogen-bond donors (Lipinski definition) is 3. The fourth-order valence-electron chi connectivity index (χ4n) is 2.86. The van der Waals surface area contributed by atoms with Crippen molar-refractivity contribution in [3.63, 3.8) is 0 Å².